The van der Waals surface area contributed by atoms with Crippen LogP contribution in [0.4, 0.5) is 0 Å². The van der Waals surface area contributed by atoms with Crippen molar-refractivity contribution in [3.05, 3.63) is 0 Å². The first-order valence-electron chi connectivity index (χ1n) is 4.39. The standard InChI is InChI=1S/C9H16N2/c1-9(5-4-6-9)11-8-3-2-7-10/h11H,2-6,8H2,1H3. The Kier molecular flexibility index (Phi) is 2.90. The Labute approximate surface area is 68.6 Å². The molecular formula is C9H16N2. The molecule has 11 heavy (non-hydrogen) atoms. The Balaban J connectivity index is 1.99. The normalized spacial score (nSPS) is 20.4. The molecule has 1 N–H and O–H groups in total. The van der Waals surface area contributed by atoms with Crippen molar-refractivity contribution in [2.24, 2.45) is 0 Å². The molecule has 0 aliphatic heterocycles. The van der Waals surface area contributed by atoms with Gasteiger partial charge in [0.1, 0.15) is 0 Å². The summed E-state index contributed by atoms with van der Waals surface area (Å²) in [6.07, 6.45) is 5.65. The van der Waals surface area contributed by atoms with E-state index in [0.717, 1.165) is 13.0 Å². The summed E-state index contributed by atoms with van der Waals surface area (Å²) in [5, 5.41) is 11.8. The van der Waals surface area contributed by atoms with E-state index in [2.05, 4.69) is 18.3 Å². The fourth-order valence-electron chi connectivity index (χ4n) is 1.44. The average molecular weight is 152 g/mol. The monoisotopic (exact) mass is 152 g/mol. The number of unbranched alkanes of at least 4 members (excludes halogenated alkanes) is 1. The summed E-state index contributed by atoms with van der Waals surface area (Å²) in [5.41, 5.74) is 0.412. The lowest BCUT2D eigenvalue weighted by Gasteiger charge is -2.39. The van der Waals surface area contributed by atoms with E-state index in [4.69, 9.17) is 5.26 Å². The van der Waals surface area contributed by atoms with Crippen molar-refractivity contribution >= 4 is 0 Å². The maximum Gasteiger partial charge on any atom is 0.0622 e. The van der Waals surface area contributed by atoms with Crippen molar-refractivity contribution in [2.75, 3.05) is 6.54 Å². The number of hydrogen-bond donors (Lipinski definition) is 1. The molecule has 0 radical (unpaired) electrons. The Hall–Kier alpha value is -0.550. The molecule has 0 atom stereocenters. The number of rotatable bonds is 4. The third kappa shape index (κ3) is 2.51. The van der Waals surface area contributed by atoms with Gasteiger partial charge in [-0.05, 0) is 39.2 Å². The highest BCUT2D eigenvalue weighted by atomic mass is 15.0. The summed E-state index contributed by atoms with van der Waals surface area (Å²) in [6.45, 7) is 3.27. The minimum atomic E-state index is 0.412. The van der Waals surface area contributed by atoms with Gasteiger partial charge in [-0.3, -0.25) is 0 Å². The molecule has 0 unspecified atom stereocenters. The van der Waals surface area contributed by atoms with Crippen LogP contribution in [0.25, 0.3) is 0 Å². The molecule has 0 aromatic rings. The quantitative estimate of drug-likeness (QED) is 0.624. The first-order chi connectivity index (χ1) is 5.27. The van der Waals surface area contributed by atoms with Gasteiger partial charge in [-0.25, -0.2) is 0 Å². The highest BCUT2D eigenvalue weighted by Gasteiger charge is 2.30. The molecule has 0 amide bonds. The van der Waals surface area contributed by atoms with Gasteiger partial charge in [-0.1, -0.05) is 0 Å². The average Bonchev–Trinajstić information content (AvgIpc) is 1.95. The molecule has 0 aromatic carbocycles. The number of hydrogen-bond acceptors (Lipinski definition) is 2. The molecule has 0 spiro atoms. The molecular weight excluding hydrogens is 136 g/mol. The van der Waals surface area contributed by atoms with E-state index in [0.29, 0.717) is 12.0 Å². The minimum Gasteiger partial charge on any atom is -0.311 e. The van der Waals surface area contributed by atoms with Crippen LogP contribution in [-0.2, 0) is 0 Å². The Morgan fingerprint density at radius 3 is 2.73 bits per heavy atom. The van der Waals surface area contributed by atoms with Gasteiger partial charge >= 0.3 is 0 Å². The second kappa shape index (κ2) is 3.73. The summed E-state index contributed by atoms with van der Waals surface area (Å²) in [7, 11) is 0. The van der Waals surface area contributed by atoms with E-state index in [1.165, 1.54) is 19.3 Å². The van der Waals surface area contributed by atoms with Gasteiger partial charge in [0.2, 0.25) is 0 Å². The third-order valence-corrected chi connectivity index (χ3v) is 2.47. The molecule has 0 saturated heterocycles. The number of nitrogens with one attached hydrogen (secondary N) is 1. The zero-order valence-corrected chi connectivity index (χ0v) is 7.19. The summed E-state index contributed by atoms with van der Waals surface area (Å²) < 4.78 is 0. The summed E-state index contributed by atoms with van der Waals surface area (Å²) in [6, 6.07) is 2.15. The van der Waals surface area contributed by atoms with E-state index in [-0.39, 0.29) is 0 Å². The van der Waals surface area contributed by atoms with Gasteiger partial charge in [0.15, 0.2) is 0 Å². The van der Waals surface area contributed by atoms with Crippen LogP contribution < -0.4 is 5.32 Å². The second-order valence-electron chi connectivity index (χ2n) is 3.60. The van der Waals surface area contributed by atoms with Gasteiger partial charge in [0.25, 0.3) is 0 Å². The predicted octanol–water partition coefficient (Wildman–Crippen LogP) is 1.82. The summed E-state index contributed by atoms with van der Waals surface area (Å²) in [4.78, 5) is 0. The highest BCUT2D eigenvalue weighted by molar-refractivity contribution is 4.91. The lowest BCUT2D eigenvalue weighted by molar-refractivity contribution is 0.209. The van der Waals surface area contributed by atoms with Crippen LogP contribution in [0.15, 0.2) is 0 Å². The molecule has 1 rings (SSSR count). The largest absolute Gasteiger partial charge is 0.311 e. The van der Waals surface area contributed by atoms with Crippen LogP contribution in [0.3, 0.4) is 0 Å². The molecule has 1 fully saturated rings. The maximum atomic E-state index is 8.29. The van der Waals surface area contributed by atoms with Crippen LogP contribution in [0.1, 0.15) is 39.0 Å². The van der Waals surface area contributed by atoms with Crippen LogP contribution in [-0.4, -0.2) is 12.1 Å². The van der Waals surface area contributed by atoms with E-state index in [9.17, 15) is 0 Å². The molecule has 1 aliphatic carbocycles. The summed E-state index contributed by atoms with van der Waals surface area (Å²) in [5.74, 6) is 0. The smallest absolute Gasteiger partial charge is 0.0622 e. The highest BCUT2D eigenvalue weighted by Crippen LogP contribution is 2.30. The first kappa shape index (κ1) is 8.55. The van der Waals surface area contributed by atoms with Crippen LogP contribution in [0, 0.1) is 11.3 Å². The number of nitriles is 1. The topological polar surface area (TPSA) is 35.8 Å². The fourth-order valence-corrected chi connectivity index (χ4v) is 1.44. The van der Waals surface area contributed by atoms with Crippen LogP contribution in [0.5, 0.6) is 0 Å². The number of nitrogens with zero attached hydrogens (tertiary/aromatic N) is 1. The zero-order chi connectivity index (χ0) is 8.16. The van der Waals surface area contributed by atoms with Crippen LogP contribution >= 0.6 is 0 Å². The molecule has 1 aliphatic rings. The first-order valence-corrected chi connectivity index (χ1v) is 4.39. The minimum absolute atomic E-state index is 0.412. The van der Waals surface area contributed by atoms with E-state index in [1.54, 1.807) is 0 Å². The van der Waals surface area contributed by atoms with Crippen molar-refractivity contribution in [3.63, 3.8) is 0 Å². The zero-order valence-electron chi connectivity index (χ0n) is 7.19. The second-order valence-corrected chi connectivity index (χ2v) is 3.60. The van der Waals surface area contributed by atoms with Crippen LogP contribution in [0.2, 0.25) is 0 Å². The fraction of sp³-hybridized carbons (Fsp3) is 0.889. The van der Waals surface area contributed by atoms with Crippen molar-refractivity contribution in [1.29, 1.82) is 5.26 Å². The molecule has 2 heteroatoms. The van der Waals surface area contributed by atoms with E-state index in [1.807, 2.05) is 0 Å². The molecule has 2 nitrogen and oxygen atoms in total. The lowest BCUT2D eigenvalue weighted by Crippen LogP contribution is -2.48. The van der Waals surface area contributed by atoms with Crippen molar-refractivity contribution in [3.8, 4) is 6.07 Å². The maximum absolute atomic E-state index is 8.29. The Bertz CT molecular complexity index is 153. The Morgan fingerprint density at radius 2 is 2.27 bits per heavy atom. The Morgan fingerprint density at radius 1 is 1.55 bits per heavy atom. The lowest BCUT2D eigenvalue weighted by atomic mass is 9.78. The van der Waals surface area contributed by atoms with Crippen molar-refractivity contribution in [1.82, 2.24) is 5.32 Å². The summed E-state index contributed by atoms with van der Waals surface area (Å²) >= 11 is 0. The van der Waals surface area contributed by atoms with Gasteiger partial charge in [-0.2, -0.15) is 5.26 Å². The molecule has 0 bridgehead atoms. The molecule has 0 heterocycles. The molecule has 0 aromatic heterocycles. The van der Waals surface area contributed by atoms with Gasteiger partial charge in [0.05, 0.1) is 6.07 Å². The van der Waals surface area contributed by atoms with Gasteiger partial charge in [-0.15, -0.1) is 0 Å². The predicted molar refractivity (Wildman–Crippen MR) is 45.1 cm³/mol. The van der Waals surface area contributed by atoms with E-state index < -0.39 is 0 Å². The van der Waals surface area contributed by atoms with Crippen molar-refractivity contribution in [2.45, 2.75) is 44.6 Å². The van der Waals surface area contributed by atoms with Gasteiger partial charge < -0.3 is 5.32 Å². The van der Waals surface area contributed by atoms with Gasteiger partial charge in [0, 0.05) is 12.0 Å². The molecule has 1 saturated carbocycles. The molecule has 62 valence electrons. The SMILES string of the molecule is CC1(NCCCC#N)CCC1. The van der Waals surface area contributed by atoms with Crippen molar-refractivity contribution < 1.29 is 0 Å². The van der Waals surface area contributed by atoms with E-state index >= 15 is 0 Å². The third-order valence-electron chi connectivity index (χ3n) is 2.47.